The quantitative estimate of drug-likeness (QED) is 0.545. The van der Waals surface area contributed by atoms with Crippen molar-refractivity contribution in [2.45, 2.75) is 32.6 Å². The van der Waals surface area contributed by atoms with Gasteiger partial charge in [-0.2, -0.15) is 0 Å². The van der Waals surface area contributed by atoms with Crippen LogP contribution in [0.4, 0.5) is 10.1 Å². The Morgan fingerprint density at radius 1 is 1.13 bits per heavy atom. The van der Waals surface area contributed by atoms with Gasteiger partial charge in [0.2, 0.25) is 15.9 Å². The van der Waals surface area contributed by atoms with Crippen LogP contribution in [0.15, 0.2) is 48.5 Å². The molecule has 0 bridgehead atoms. The fourth-order valence-corrected chi connectivity index (χ4v) is 3.97. The number of ether oxygens (including phenoxy) is 1. The van der Waals surface area contributed by atoms with Crippen LogP contribution in [0, 0.1) is 5.82 Å². The van der Waals surface area contributed by atoms with Gasteiger partial charge in [0.1, 0.15) is 18.2 Å². The predicted octanol–water partition coefficient (Wildman–Crippen LogP) is 3.69. The highest BCUT2D eigenvalue weighted by molar-refractivity contribution is 7.92. The summed E-state index contributed by atoms with van der Waals surface area (Å²) in [4.78, 5) is 12.1. The maximum absolute atomic E-state index is 13.1. The van der Waals surface area contributed by atoms with Gasteiger partial charge in [-0.25, -0.2) is 12.8 Å². The van der Waals surface area contributed by atoms with Crippen molar-refractivity contribution in [1.82, 2.24) is 5.32 Å². The van der Waals surface area contributed by atoms with E-state index in [2.05, 4.69) is 19.2 Å². The van der Waals surface area contributed by atoms with Gasteiger partial charge in [0, 0.05) is 13.0 Å². The monoisotopic (exact) mass is 436 g/mol. The van der Waals surface area contributed by atoms with Crippen LogP contribution in [0.1, 0.15) is 38.2 Å². The van der Waals surface area contributed by atoms with Gasteiger partial charge in [-0.15, -0.1) is 0 Å². The molecule has 0 radical (unpaired) electrons. The van der Waals surface area contributed by atoms with Gasteiger partial charge >= 0.3 is 0 Å². The Morgan fingerprint density at radius 2 is 1.80 bits per heavy atom. The molecule has 0 atom stereocenters. The summed E-state index contributed by atoms with van der Waals surface area (Å²) in [5.74, 6) is 0.535. The van der Waals surface area contributed by atoms with Crippen LogP contribution in [0.3, 0.4) is 0 Å². The molecule has 2 rings (SSSR count). The second-order valence-electron chi connectivity index (χ2n) is 7.31. The summed E-state index contributed by atoms with van der Waals surface area (Å²) in [5, 5.41) is 2.78. The molecule has 0 aromatic heterocycles. The van der Waals surface area contributed by atoms with E-state index in [-0.39, 0.29) is 18.9 Å². The Kier molecular flexibility index (Phi) is 8.65. The Bertz CT molecular complexity index is 930. The minimum Gasteiger partial charge on any atom is -0.491 e. The number of hydrogen-bond donors (Lipinski definition) is 1. The number of nitrogens with one attached hydrogen (secondary N) is 1. The van der Waals surface area contributed by atoms with Crippen molar-refractivity contribution < 1.29 is 22.3 Å². The van der Waals surface area contributed by atoms with E-state index in [0.717, 1.165) is 17.6 Å². The lowest BCUT2D eigenvalue weighted by molar-refractivity contribution is -0.121. The lowest BCUT2D eigenvalue weighted by Crippen LogP contribution is -2.33. The first-order valence-electron chi connectivity index (χ1n) is 9.90. The largest absolute Gasteiger partial charge is 0.491 e. The summed E-state index contributed by atoms with van der Waals surface area (Å²) in [6.07, 6.45) is 1.60. The molecule has 0 saturated heterocycles. The van der Waals surface area contributed by atoms with Gasteiger partial charge in [-0.3, -0.25) is 9.10 Å². The van der Waals surface area contributed by atoms with Crippen molar-refractivity contribution in [3.05, 3.63) is 59.9 Å². The summed E-state index contributed by atoms with van der Waals surface area (Å²) < 4.78 is 44.1. The highest BCUT2D eigenvalue weighted by Crippen LogP contribution is 2.25. The third-order valence-corrected chi connectivity index (χ3v) is 5.70. The molecule has 0 aliphatic rings. The van der Waals surface area contributed by atoms with Gasteiger partial charge in [0.25, 0.3) is 0 Å². The zero-order valence-electron chi connectivity index (χ0n) is 17.6. The van der Waals surface area contributed by atoms with Crippen LogP contribution in [-0.4, -0.2) is 40.3 Å². The Balaban J connectivity index is 1.77. The lowest BCUT2D eigenvalue weighted by atomic mass is 10.0. The van der Waals surface area contributed by atoms with Gasteiger partial charge in [0.15, 0.2) is 0 Å². The zero-order chi connectivity index (χ0) is 22.1. The summed E-state index contributed by atoms with van der Waals surface area (Å²) in [6.45, 7) is 5.03. The number of carbonyl (C=O) groups excluding carboxylic acids is 1. The number of nitrogens with zero attached hydrogens (tertiary/aromatic N) is 1. The standard InChI is InChI=1S/C22H29FN2O4S/c1-17(2)20-7-4-5-8-21(20)29-16-14-24-22(26)9-6-15-25(30(3,27)28)19-12-10-18(23)11-13-19/h4-5,7-8,10-13,17H,6,9,14-16H2,1-3H3,(H,24,26). The van der Waals surface area contributed by atoms with Crippen LogP contribution < -0.4 is 14.4 Å². The van der Waals surface area contributed by atoms with Crippen LogP contribution >= 0.6 is 0 Å². The van der Waals surface area contributed by atoms with Crippen molar-refractivity contribution >= 4 is 21.6 Å². The SMILES string of the molecule is CC(C)c1ccccc1OCCNC(=O)CCCN(c1ccc(F)cc1)S(C)(=O)=O. The van der Waals surface area contributed by atoms with E-state index in [0.29, 0.717) is 31.2 Å². The molecule has 30 heavy (non-hydrogen) atoms. The average molecular weight is 437 g/mol. The molecule has 0 unspecified atom stereocenters. The maximum Gasteiger partial charge on any atom is 0.232 e. The van der Waals surface area contributed by atoms with Crippen LogP contribution in [0.2, 0.25) is 0 Å². The van der Waals surface area contributed by atoms with E-state index in [9.17, 15) is 17.6 Å². The smallest absolute Gasteiger partial charge is 0.232 e. The van der Waals surface area contributed by atoms with Crippen LogP contribution in [-0.2, 0) is 14.8 Å². The summed E-state index contributed by atoms with van der Waals surface area (Å²) >= 11 is 0. The highest BCUT2D eigenvalue weighted by Gasteiger charge is 2.17. The number of sulfonamides is 1. The molecule has 0 saturated carbocycles. The molecule has 0 aliphatic heterocycles. The first-order valence-corrected chi connectivity index (χ1v) is 11.7. The molecular formula is C22H29FN2O4S. The minimum atomic E-state index is -3.53. The fourth-order valence-electron chi connectivity index (χ4n) is 3.01. The maximum atomic E-state index is 13.1. The van der Waals surface area contributed by atoms with Crippen LogP contribution in [0.25, 0.3) is 0 Å². The zero-order valence-corrected chi connectivity index (χ0v) is 18.4. The molecule has 6 nitrogen and oxygen atoms in total. The number of halogens is 1. The Hall–Kier alpha value is -2.61. The topological polar surface area (TPSA) is 75.7 Å². The van der Waals surface area contributed by atoms with E-state index in [1.54, 1.807) is 0 Å². The molecule has 1 amide bonds. The second kappa shape index (κ2) is 11.0. The predicted molar refractivity (Wildman–Crippen MR) is 117 cm³/mol. The third kappa shape index (κ3) is 7.33. The van der Waals surface area contributed by atoms with Crippen molar-refractivity contribution in [3.8, 4) is 5.75 Å². The molecule has 0 heterocycles. The van der Waals surface area contributed by atoms with Crippen molar-refractivity contribution in [2.75, 3.05) is 30.3 Å². The van der Waals surface area contributed by atoms with E-state index < -0.39 is 15.8 Å². The van der Waals surface area contributed by atoms with Gasteiger partial charge in [0.05, 0.1) is 18.5 Å². The molecule has 1 N–H and O–H groups in total. The summed E-state index contributed by atoms with van der Waals surface area (Å²) in [5.41, 5.74) is 1.49. The number of rotatable bonds is 11. The number of anilines is 1. The lowest BCUT2D eigenvalue weighted by Gasteiger charge is -2.22. The van der Waals surface area contributed by atoms with E-state index in [1.807, 2.05) is 24.3 Å². The van der Waals surface area contributed by atoms with Crippen LogP contribution in [0.5, 0.6) is 5.75 Å². The molecule has 0 fully saturated rings. The summed E-state index contributed by atoms with van der Waals surface area (Å²) in [6, 6.07) is 13.0. The molecule has 0 spiro atoms. The van der Waals surface area contributed by atoms with Crippen molar-refractivity contribution in [1.29, 1.82) is 0 Å². The van der Waals surface area contributed by atoms with E-state index >= 15 is 0 Å². The number of amides is 1. The molecule has 0 aliphatic carbocycles. The minimum absolute atomic E-state index is 0.135. The first kappa shape index (κ1) is 23.7. The Morgan fingerprint density at radius 3 is 2.43 bits per heavy atom. The molecule has 164 valence electrons. The van der Waals surface area contributed by atoms with E-state index in [4.69, 9.17) is 4.74 Å². The van der Waals surface area contributed by atoms with Crippen molar-refractivity contribution in [2.24, 2.45) is 0 Å². The third-order valence-electron chi connectivity index (χ3n) is 4.50. The highest BCUT2D eigenvalue weighted by atomic mass is 32.2. The molecule has 8 heteroatoms. The fraction of sp³-hybridized carbons (Fsp3) is 0.409. The number of benzene rings is 2. The second-order valence-corrected chi connectivity index (χ2v) is 9.21. The van der Waals surface area contributed by atoms with Gasteiger partial charge in [-0.1, -0.05) is 32.0 Å². The number of para-hydroxylation sites is 1. The van der Waals surface area contributed by atoms with E-state index in [1.165, 1.54) is 28.6 Å². The number of carbonyl (C=O) groups is 1. The van der Waals surface area contributed by atoms with Gasteiger partial charge < -0.3 is 10.1 Å². The number of hydrogen-bond acceptors (Lipinski definition) is 4. The Labute approximate surface area is 178 Å². The average Bonchev–Trinajstić information content (AvgIpc) is 2.69. The molecular weight excluding hydrogens is 407 g/mol. The normalized spacial score (nSPS) is 11.4. The first-order chi connectivity index (χ1) is 14.2. The summed E-state index contributed by atoms with van der Waals surface area (Å²) in [7, 11) is -3.53. The van der Waals surface area contributed by atoms with Gasteiger partial charge in [-0.05, 0) is 48.2 Å². The van der Waals surface area contributed by atoms with Crippen molar-refractivity contribution in [3.63, 3.8) is 0 Å². The molecule has 2 aromatic rings. The molecule has 2 aromatic carbocycles.